The van der Waals surface area contributed by atoms with Crippen molar-refractivity contribution in [1.82, 2.24) is 5.32 Å². The molecule has 72 valence electrons. The molecule has 1 nitrogen and oxygen atoms in total. The van der Waals surface area contributed by atoms with Gasteiger partial charge in [-0.05, 0) is 31.2 Å². The highest BCUT2D eigenvalue weighted by Gasteiger charge is 2.30. The Morgan fingerprint density at radius 1 is 1.42 bits per heavy atom. The topological polar surface area (TPSA) is 12.0 Å². The highest BCUT2D eigenvalue weighted by Crippen LogP contribution is 2.32. The van der Waals surface area contributed by atoms with E-state index in [0.29, 0.717) is 5.41 Å². The van der Waals surface area contributed by atoms with Gasteiger partial charge < -0.3 is 5.32 Å². The van der Waals surface area contributed by atoms with Crippen molar-refractivity contribution in [3.05, 3.63) is 0 Å². The van der Waals surface area contributed by atoms with E-state index in [4.69, 9.17) is 0 Å². The molecule has 0 aromatic carbocycles. The summed E-state index contributed by atoms with van der Waals surface area (Å²) in [5.74, 6) is 0. The molecule has 0 aliphatic carbocycles. The quantitative estimate of drug-likeness (QED) is 0.682. The van der Waals surface area contributed by atoms with E-state index >= 15 is 0 Å². The molecule has 1 heterocycles. The molecule has 0 aromatic heterocycles. The van der Waals surface area contributed by atoms with Crippen LogP contribution in [-0.2, 0) is 0 Å². The van der Waals surface area contributed by atoms with Crippen LogP contribution in [0.1, 0.15) is 52.9 Å². The molecule has 1 saturated heterocycles. The first kappa shape index (κ1) is 10.0. The molecule has 0 aromatic rings. The third-order valence-electron chi connectivity index (χ3n) is 3.18. The molecule has 0 bridgehead atoms. The van der Waals surface area contributed by atoms with Crippen LogP contribution >= 0.6 is 0 Å². The van der Waals surface area contributed by atoms with Crippen LogP contribution in [0.2, 0.25) is 0 Å². The second kappa shape index (κ2) is 4.27. The standard InChI is InChI=1S/C11H23N/c1-4-5-8-11(2,3)10-7-6-9-12-10/h10,12H,4-9H2,1-3H3. The minimum Gasteiger partial charge on any atom is -0.313 e. The van der Waals surface area contributed by atoms with E-state index in [0.717, 1.165) is 6.04 Å². The first-order valence-electron chi connectivity index (χ1n) is 5.40. The van der Waals surface area contributed by atoms with E-state index in [-0.39, 0.29) is 0 Å². The fourth-order valence-corrected chi connectivity index (χ4v) is 2.16. The molecule has 1 aliphatic heterocycles. The predicted molar refractivity (Wildman–Crippen MR) is 54.3 cm³/mol. The summed E-state index contributed by atoms with van der Waals surface area (Å²) in [6.45, 7) is 8.33. The number of nitrogens with one attached hydrogen (secondary N) is 1. The Labute approximate surface area is 76.9 Å². The first-order valence-corrected chi connectivity index (χ1v) is 5.40. The van der Waals surface area contributed by atoms with E-state index in [2.05, 4.69) is 26.1 Å². The van der Waals surface area contributed by atoms with Crippen molar-refractivity contribution in [2.45, 2.75) is 58.9 Å². The fraction of sp³-hybridized carbons (Fsp3) is 1.00. The van der Waals surface area contributed by atoms with Gasteiger partial charge in [-0.25, -0.2) is 0 Å². The summed E-state index contributed by atoms with van der Waals surface area (Å²) in [5, 5.41) is 3.61. The Kier molecular flexibility index (Phi) is 3.57. The van der Waals surface area contributed by atoms with Gasteiger partial charge >= 0.3 is 0 Å². The van der Waals surface area contributed by atoms with E-state index < -0.39 is 0 Å². The lowest BCUT2D eigenvalue weighted by molar-refractivity contribution is 0.236. The van der Waals surface area contributed by atoms with Gasteiger partial charge in [-0.1, -0.05) is 33.6 Å². The highest BCUT2D eigenvalue weighted by atomic mass is 15.0. The maximum Gasteiger partial charge on any atom is 0.0119 e. The molecule has 1 heteroatoms. The summed E-state index contributed by atoms with van der Waals surface area (Å²) in [6, 6.07) is 0.782. The second-order valence-electron chi connectivity index (χ2n) is 4.74. The molecule has 0 spiro atoms. The summed E-state index contributed by atoms with van der Waals surface area (Å²) in [7, 11) is 0. The van der Waals surface area contributed by atoms with Crippen molar-refractivity contribution in [2.75, 3.05) is 6.54 Å². The molecule has 1 atom stereocenters. The monoisotopic (exact) mass is 169 g/mol. The lowest BCUT2D eigenvalue weighted by atomic mass is 9.79. The minimum absolute atomic E-state index is 0.520. The van der Waals surface area contributed by atoms with Crippen LogP contribution in [0.25, 0.3) is 0 Å². The normalized spacial score (nSPS) is 24.8. The van der Waals surface area contributed by atoms with Gasteiger partial charge in [0, 0.05) is 6.04 Å². The van der Waals surface area contributed by atoms with Gasteiger partial charge in [-0.2, -0.15) is 0 Å². The smallest absolute Gasteiger partial charge is 0.0119 e. The molecule has 1 aliphatic rings. The third-order valence-corrected chi connectivity index (χ3v) is 3.18. The van der Waals surface area contributed by atoms with Crippen LogP contribution in [0.15, 0.2) is 0 Å². The molecule has 0 radical (unpaired) electrons. The largest absolute Gasteiger partial charge is 0.313 e. The zero-order valence-electron chi connectivity index (χ0n) is 8.82. The SMILES string of the molecule is CCCCC(C)(C)C1CCCN1. The summed E-state index contributed by atoms with van der Waals surface area (Å²) in [4.78, 5) is 0. The molecule has 12 heavy (non-hydrogen) atoms. The van der Waals surface area contributed by atoms with Crippen LogP contribution in [0, 0.1) is 5.41 Å². The maximum atomic E-state index is 3.61. The zero-order chi connectivity index (χ0) is 9.03. The van der Waals surface area contributed by atoms with Crippen molar-refractivity contribution in [1.29, 1.82) is 0 Å². The summed E-state index contributed by atoms with van der Waals surface area (Å²) >= 11 is 0. The van der Waals surface area contributed by atoms with E-state index in [1.54, 1.807) is 0 Å². The Hall–Kier alpha value is -0.0400. The van der Waals surface area contributed by atoms with Crippen LogP contribution in [0.5, 0.6) is 0 Å². The molecule has 1 unspecified atom stereocenters. The molecular weight excluding hydrogens is 146 g/mol. The molecule has 0 saturated carbocycles. The van der Waals surface area contributed by atoms with Gasteiger partial charge in [0.25, 0.3) is 0 Å². The zero-order valence-corrected chi connectivity index (χ0v) is 8.82. The third kappa shape index (κ3) is 2.48. The predicted octanol–water partition coefficient (Wildman–Crippen LogP) is 2.95. The Balaban J connectivity index is 2.34. The number of hydrogen-bond donors (Lipinski definition) is 1. The average molecular weight is 169 g/mol. The van der Waals surface area contributed by atoms with Crippen LogP contribution < -0.4 is 5.32 Å². The molecule has 0 amide bonds. The molecule has 1 fully saturated rings. The Morgan fingerprint density at radius 3 is 2.67 bits per heavy atom. The summed E-state index contributed by atoms with van der Waals surface area (Å²) in [5.41, 5.74) is 0.520. The number of hydrogen-bond acceptors (Lipinski definition) is 1. The van der Waals surface area contributed by atoms with E-state index in [9.17, 15) is 0 Å². The Bertz CT molecular complexity index is 123. The Morgan fingerprint density at radius 2 is 2.17 bits per heavy atom. The van der Waals surface area contributed by atoms with E-state index in [1.165, 1.54) is 38.6 Å². The van der Waals surface area contributed by atoms with Gasteiger partial charge in [-0.3, -0.25) is 0 Å². The lowest BCUT2D eigenvalue weighted by Gasteiger charge is -2.31. The van der Waals surface area contributed by atoms with Crippen molar-refractivity contribution in [3.8, 4) is 0 Å². The molecular formula is C11H23N. The van der Waals surface area contributed by atoms with Crippen molar-refractivity contribution < 1.29 is 0 Å². The number of unbranched alkanes of at least 4 members (excludes halogenated alkanes) is 1. The molecule has 1 rings (SSSR count). The van der Waals surface area contributed by atoms with Crippen molar-refractivity contribution in [3.63, 3.8) is 0 Å². The number of rotatable bonds is 4. The van der Waals surface area contributed by atoms with Gasteiger partial charge in [-0.15, -0.1) is 0 Å². The second-order valence-corrected chi connectivity index (χ2v) is 4.74. The van der Waals surface area contributed by atoms with Crippen molar-refractivity contribution >= 4 is 0 Å². The average Bonchev–Trinajstić information content (AvgIpc) is 2.53. The molecule has 1 N–H and O–H groups in total. The van der Waals surface area contributed by atoms with E-state index in [1.807, 2.05) is 0 Å². The lowest BCUT2D eigenvalue weighted by Crippen LogP contribution is -2.37. The van der Waals surface area contributed by atoms with Gasteiger partial charge in [0.05, 0.1) is 0 Å². The highest BCUT2D eigenvalue weighted by molar-refractivity contribution is 4.87. The van der Waals surface area contributed by atoms with Crippen LogP contribution in [-0.4, -0.2) is 12.6 Å². The van der Waals surface area contributed by atoms with Crippen LogP contribution in [0.4, 0.5) is 0 Å². The maximum absolute atomic E-state index is 3.61. The minimum atomic E-state index is 0.520. The fourth-order valence-electron chi connectivity index (χ4n) is 2.16. The van der Waals surface area contributed by atoms with Crippen LogP contribution in [0.3, 0.4) is 0 Å². The van der Waals surface area contributed by atoms with Gasteiger partial charge in [0.15, 0.2) is 0 Å². The summed E-state index contributed by atoms with van der Waals surface area (Å²) < 4.78 is 0. The summed E-state index contributed by atoms with van der Waals surface area (Å²) in [6.07, 6.45) is 6.85. The van der Waals surface area contributed by atoms with Gasteiger partial charge in [0.1, 0.15) is 0 Å². The van der Waals surface area contributed by atoms with Crippen molar-refractivity contribution in [2.24, 2.45) is 5.41 Å². The van der Waals surface area contributed by atoms with Gasteiger partial charge in [0.2, 0.25) is 0 Å². The first-order chi connectivity index (χ1) is 5.67.